The van der Waals surface area contributed by atoms with E-state index < -0.39 is 15.3 Å². The van der Waals surface area contributed by atoms with Gasteiger partial charge in [-0.05, 0) is 31.4 Å². The molecule has 1 heterocycles. The maximum Gasteiger partial charge on any atom is 0.257 e. The van der Waals surface area contributed by atoms with Crippen molar-refractivity contribution in [3.05, 3.63) is 29.8 Å². The van der Waals surface area contributed by atoms with Gasteiger partial charge in [-0.15, -0.1) is 0 Å². The van der Waals surface area contributed by atoms with Crippen LogP contribution in [0.3, 0.4) is 0 Å². The molecule has 1 aromatic carbocycles. The highest BCUT2D eigenvalue weighted by atomic mass is 32.2. The summed E-state index contributed by atoms with van der Waals surface area (Å²) in [6.45, 7) is 3.03. The fraction of sp³-hybridized carbons (Fsp3) is 0.562. The molecule has 0 aromatic heterocycles. The molecule has 0 radical (unpaired) electrons. The van der Waals surface area contributed by atoms with Crippen LogP contribution < -0.4 is 9.46 Å². The minimum absolute atomic E-state index is 0.105. The quantitative estimate of drug-likeness (QED) is 0.815. The molecule has 1 aliphatic carbocycles. The third kappa shape index (κ3) is 3.67. The van der Waals surface area contributed by atoms with E-state index in [1.807, 2.05) is 13.0 Å². The van der Waals surface area contributed by atoms with Gasteiger partial charge in [0.15, 0.2) is 0 Å². The zero-order valence-electron chi connectivity index (χ0n) is 13.2. The molecule has 3 rings (SSSR count). The molecule has 0 unspecified atom stereocenters. The first-order chi connectivity index (χ1) is 11.0. The smallest absolute Gasteiger partial charge is 0.257 e. The van der Waals surface area contributed by atoms with Gasteiger partial charge < -0.3 is 9.64 Å². The standard InChI is InChI=1S/C16H22N2O4S/c1-2-9-22-15-6-4-3-5-14(15)16(19)18-10-13(11-18)23(20,21)17-12-7-8-12/h3-6,12-13,17H,2,7-11H2,1H3. The number of benzene rings is 1. The number of nitrogens with one attached hydrogen (secondary N) is 1. The van der Waals surface area contributed by atoms with Crippen LogP contribution in [0.4, 0.5) is 0 Å². The Balaban J connectivity index is 1.62. The minimum atomic E-state index is -3.31. The van der Waals surface area contributed by atoms with E-state index in [1.165, 1.54) is 0 Å². The summed E-state index contributed by atoms with van der Waals surface area (Å²) in [6, 6.07) is 7.20. The Morgan fingerprint density at radius 3 is 2.65 bits per heavy atom. The Morgan fingerprint density at radius 2 is 2.00 bits per heavy atom. The van der Waals surface area contributed by atoms with Gasteiger partial charge in [0.2, 0.25) is 10.0 Å². The molecule has 0 atom stereocenters. The van der Waals surface area contributed by atoms with Gasteiger partial charge in [-0.25, -0.2) is 13.1 Å². The highest BCUT2D eigenvalue weighted by Crippen LogP contribution is 2.26. The van der Waals surface area contributed by atoms with Crippen molar-refractivity contribution in [2.24, 2.45) is 0 Å². The Hall–Kier alpha value is -1.60. The molecule has 1 aliphatic heterocycles. The Labute approximate surface area is 136 Å². The van der Waals surface area contributed by atoms with Crippen LogP contribution in [0.5, 0.6) is 5.75 Å². The van der Waals surface area contributed by atoms with Gasteiger partial charge in [-0.2, -0.15) is 0 Å². The molecular formula is C16H22N2O4S. The number of rotatable bonds is 7. The van der Waals surface area contributed by atoms with Crippen molar-refractivity contribution >= 4 is 15.9 Å². The van der Waals surface area contributed by atoms with Crippen LogP contribution in [-0.4, -0.2) is 50.2 Å². The molecule has 2 aliphatic rings. The summed E-state index contributed by atoms with van der Waals surface area (Å²) in [6.07, 6.45) is 2.69. The maximum atomic E-state index is 12.5. The minimum Gasteiger partial charge on any atom is -0.493 e. The predicted octanol–water partition coefficient (Wildman–Crippen LogP) is 1.38. The van der Waals surface area contributed by atoms with Crippen molar-refractivity contribution in [1.29, 1.82) is 0 Å². The molecule has 7 heteroatoms. The first-order valence-electron chi connectivity index (χ1n) is 8.03. The van der Waals surface area contributed by atoms with E-state index in [1.54, 1.807) is 23.1 Å². The second-order valence-electron chi connectivity index (χ2n) is 6.11. The number of carbonyl (C=O) groups excluding carboxylic acids is 1. The van der Waals surface area contributed by atoms with E-state index in [2.05, 4.69) is 4.72 Å². The Morgan fingerprint density at radius 1 is 1.30 bits per heavy atom. The van der Waals surface area contributed by atoms with Crippen LogP contribution >= 0.6 is 0 Å². The monoisotopic (exact) mass is 338 g/mol. The number of sulfonamides is 1. The maximum absolute atomic E-state index is 12.5. The lowest BCUT2D eigenvalue weighted by atomic mass is 10.1. The molecule has 2 fully saturated rings. The molecule has 1 saturated carbocycles. The van der Waals surface area contributed by atoms with Crippen LogP contribution in [0.1, 0.15) is 36.5 Å². The van der Waals surface area contributed by atoms with E-state index in [4.69, 9.17) is 4.74 Å². The Bertz CT molecular complexity index is 679. The van der Waals surface area contributed by atoms with Gasteiger partial charge in [-0.3, -0.25) is 4.79 Å². The third-order valence-corrected chi connectivity index (χ3v) is 5.90. The molecule has 126 valence electrons. The van der Waals surface area contributed by atoms with E-state index in [9.17, 15) is 13.2 Å². The van der Waals surface area contributed by atoms with Crippen LogP contribution in [-0.2, 0) is 10.0 Å². The van der Waals surface area contributed by atoms with Crippen molar-refractivity contribution in [1.82, 2.24) is 9.62 Å². The van der Waals surface area contributed by atoms with Crippen molar-refractivity contribution in [2.75, 3.05) is 19.7 Å². The number of carbonyl (C=O) groups is 1. The number of likely N-dealkylation sites (tertiary alicyclic amines) is 1. The van der Waals surface area contributed by atoms with Gasteiger partial charge >= 0.3 is 0 Å². The van der Waals surface area contributed by atoms with Crippen LogP contribution in [0, 0.1) is 0 Å². The van der Waals surface area contributed by atoms with E-state index >= 15 is 0 Å². The highest BCUT2D eigenvalue weighted by Gasteiger charge is 2.42. The second kappa shape index (κ2) is 6.49. The average molecular weight is 338 g/mol. The summed E-state index contributed by atoms with van der Waals surface area (Å²) in [5.41, 5.74) is 0.493. The third-order valence-electron chi connectivity index (χ3n) is 4.06. The van der Waals surface area contributed by atoms with E-state index in [-0.39, 0.29) is 25.0 Å². The molecule has 0 spiro atoms. The summed E-state index contributed by atoms with van der Waals surface area (Å²) in [7, 11) is -3.31. The lowest BCUT2D eigenvalue weighted by Crippen LogP contribution is -2.59. The summed E-state index contributed by atoms with van der Waals surface area (Å²) in [5, 5.41) is -0.504. The number of amides is 1. The van der Waals surface area contributed by atoms with Gasteiger partial charge in [0.1, 0.15) is 11.0 Å². The summed E-state index contributed by atoms with van der Waals surface area (Å²) >= 11 is 0. The molecule has 1 amide bonds. The largest absolute Gasteiger partial charge is 0.493 e. The number of ether oxygens (including phenoxy) is 1. The van der Waals surface area contributed by atoms with E-state index in [0.29, 0.717) is 17.9 Å². The molecule has 6 nitrogen and oxygen atoms in total. The molecular weight excluding hydrogens is 316 g/mol. The molecule has 1 saturated heterocycles. The van der Waals surface area contributed by atoms with E-state index in [0.717, 1.165) is 19.3 Å². The van der Waals surface area contributed by atoms with Gasteiger partial charge in [0, 0.05) is 19.1 Å². The van der Waals surface area contributed by atoms with Gasteiger partial charge in [0.05, 0.1) is 12.2 Å². The SMILES string of the molecule is CCCOc1ccccc1C(=O)N1CC(S(=O)(=O)NC2CC2)C1. The van der Waals surface area contributed by atoms with Gasteiger partial charge in [0.25, 0.3) is 5.91 Å². The van der Waals surface area contributed by atoms with Crippen molar-refractivity contribution in [2.45, 2.75) is 37.5 Å². The molecule has 1 aromatic rings. The summed E-state index contributed by atoms with van der Waals surface area (Å²) in [4.78, 5) is 14.1. The first-order valence-corrected chi connectivity index (χ1v) is 9.58. The molecule has 0 bridgehead atoms. The number of hydrogen-bond donors (Lipinski definition) is 1. The second-order valence-corrected chi connectivity index (χ2v) is 8.11. The van der Waals surface area contributed by atoms with Crippen molar-refractivity contribution in [3.63, 3.8) is 0 Å². The normalized spacial score (nSPS) is 18.6. The predicted molar refractivity (Wildman–Crippen MR) is 87.0 cm³/mol. The summed E-state index contributed by atoms with van der Waals surface area (Å²) < 4.78 is 32.5. The zero-order valence-corrected chi connectivity index (χ0v) is 14.0. The van der Waals surface area contributed by atoms with Crippen molar-refractivity contribution < 1.29 is 17.9 Å². The van der Waals surface area contributed by atoms with Crippen LogP contribution in [0.25, 0.3) is 0 Å². The topological polar surface area (TPSA) is 75.7 Å². The molecule has 1 N–H and O–H groups in total. The van der Waals surface area contributed by atoms with Gasteiger partial charge in [-0.1, -0.05) is 19.1 Å². The fourth-order valence-corrected chi connectivity index (χ4v) is 4.13. The number of nitrogens with zero attached hydrogens (tertiary/aromatic N) is 1. The molecule has 23 heavy (non-hydrogen) atoms. The summed E-state index contributed by atoms with van der Waals surface area (Å²) in [5.74, 6) is 0.385. The lowest BCUT2D eigenvalue weighted by molar-refractivity contribution is 0.0653. The van der Waals surface area contributed by atoms with Crippen molar-refractivity contribution in [3.8, 4) is 5.75 Å². The number of hydrogen-bond acceptors (Lipinski definition) is 4. The van der Waals surface area contributed by atoms with Crippen LogP contribution in [0.15, 0.2) is 24.3 Å². The Kier molecular flexibility index (Phi) is 4.59. The highest BCUT2D eigenvalue weighted by molar-refractivity contribution is 7.90. The average Bonchev–Trinajstić information content (AvgIpc) is 3.26. The van der Waals surface area contributed by atoms with Crippen LogP contribution in [0.2, 0.25) is 0 Å². The number of para-hydroxylation sites is 1. The first kappa shape index (κ1) is 16.3. The lowest BCUT2D eigenvalue weighted by Gasteiger charge is -2.38. The zero-order chi connectivity index (χ0) is 16.4. The fourth-order valence-electron chi connectivity index (χ4n) is 2.48.